The second-order valence-corrected chi connectivity index (χ2v) is 6.25. The highest BCUT2D eigenvalue weighted by Gasteiger charge is 2.28. The van der Waals surface area contributed by atoms with E-state index in [0.29, 0.717) is 17.2 Å². The number of nitrogens with zero attached hydrogens (tertiary/aromatic N) is 1. The fraction of sp³-hybridized carbons (Fsp3) is 0.350. The molecular weight excluding hydrogens is 332 g/mol. The van der Waals surface area contributed by atoms with Crippen LogP contribution in [0.4, 0.5) is 16.2 Å². The molecule has 0 bridgehead atoms. The Morgan fingerprint density at radius 1 is 1.04 bits per heavy atom. The summed E-state index contributed by atoms with van der Waals surface area (Å²) in [4.78, 5) is 14.8. The van der Waals surface area contributed by atoms with E-state index in [0.717, 1.165) is 29.8 Å². The molecule has 2 amide bonds. The Bertz CT molecular complexity index is 806. The van der Waals surface area contributed by atoms with Gasteiger partial charge in [0.25, 0.3) is 0 Å². The van der Waals surface area contributed by atoms with Gasteiger partial charge in [-0.15, -0.1) is 0 Å². The predicted octanol–water partition coefficient (Wildman–Crippen LogP) is 4.09. The number of hydrogen-bond acceptors (Lipinski definition) is 4. The van der Waals surface area contributed by atoms with E-state index in [2.05, 4.69) is 12.2 Å². The first-order valence-electron chi connectivity index (χ1n) is 8.56. The monoisotopic (exact) mass is 356 g/mol. The minimum atomic E-state index is -0.171. The SMILES string of the molecule is COc1ccc2c(c1)CC[C@H](C)N2C(=O)Nc1ccc(OC)c(OC)c1. The van der Waals surface area contributed by atoms with Gasteiger partial charge in [0.15, 0.2) is 11.5 Å². The Kier molecular flexibility index (Phi) is 5.21. The van der Waals surface area contributed by atoms with Gasteiger partial charge < -0.3 is 19.5 Å². The number of rotatable bonds is 4. The summed E-state index contributed by atoms with van der Waals surface area (Å²) in [5.41, 5.74) is 2.69. The molecule has 1 aliphatic rings. The second kappa shape index (κ2) is 7.56. The van der Waals surface area contributed by atoms with Gasteiger partial charge in [0, 0.05) is 23.5 Å². The average molecular weight is 356 g/mol. The number of urea groups is 1. The predicted molar refractivity (Wildman–Crippen MR) is 102 cm³/mol. The highest BCUT2D eigenvalue weighted by Crippen LogP contribution is 2.34. The van der Waals surface area contributed by atoms with Gasteiger partial charge in [-0.05, 0) is 55.7 Å². The quantitative estimate of drug-likeness (QED) is 0.896. The molecule has 0 aromatic heterocycles. The first-order valence-corrected chi connectivity index (χ1v) is 8.56. The molecule has 0 radical (unpaired) electrons. The van der Waals surface area contributed by atoms with E-state index in [1.54, 1.807) is 44.4 Å². The zero-order valence-corrected chi connectivity index (χ0v) is 15.5. The Balaban J connectivity index is 1.86. The molecule has 0 spiro atoms. The van der Waals surface area contributed by atoms with Crippen molar-refractivity contribution in [2.24, 2.45) is 0 Å². The van der Waals surface area contributed by atoms with E-state index < -0.39 is 0 Å². The normalized spacial score (nSPS) is 15.8. The summed E-state index contributed by atoms with van der Waals surface area (Å²) in [6, 6.07) is 11.1. The third-order valence-electron chi connectivity index (χ3n) is 4.67. The lowest BCUT2D eigenvalue weighted by atomic mass is 9.96. The van der Waals surface area contributed by atoms with E-state index in [1.165, 1.54) is 0 Å². The molecule has 0 aliphatic carbocycles. The van der Waals surface area contributed by atoms with Crippen molar-refractivity contribution in [3.8, 4) is 17.2 Å². The molecule has 6 heteroatoms. The Hall–Kier alpha value is -2.89. The molecule has 0 saturated carbocycles. The van der Waals surface area contributed by atoms with Crippen molar-refractivity contribution in [1.82, 2.24) is 0 Å². The van der Waals surface area contributed by atoms with Crippen LogP contribution in [0.15, 0.2) is 36.4 Å². The van der Waals surface area contributed by atoms with Gasteiger partial charge in [0.05, 0.1) is 21.3 Å². The lowest BCUT2D eigenvalue weighted by molar-refractivity contribution is 0.254. The van der Waals surface area contributed by atoms with E-state index in [9.17, 15) is 4.79 Å². The van der Waals surface area contributed by atoms with Crippen molar-refractivity contribution in [2.75, 3.05) is 31.5 Å². The topological polar surface area (TPSA) is 60.0 Å². The van der Waals surface area contributed by atoms with Gasteiger partial charge in [-0.25, -0.2) is 4.79 Å². The van der Waals surface area contributed by atoms with Crippen molar-refractivity contribution in [2.45, 2.75) is 25.8 Å². The largest absolute Gasteiger partial charge is 0.497 e. The van der Waals surface area contributed by atoms with Crippen LogP contribution in [0.5, 0.6) is 17.2 Å². The summed E-state index contributed by atoms with van der Waals surface area (Å²) in [6.07, 6.45) is 1.83. The minimum Gasteiger partial charge on any atom is -0.497 e. The molecule has 26 heavy (non-hydrogen) atoms. The number of anilines is 2. The standard InChI is InChI=1S/C20H24N2O4/c1-13-5-6-14-11-16(24-2)8-9-17(14)22(13)20(23)21-15-7-10-18(25-3)19(12-15)26-4/h7-13H,5-6H2,1-4H3,(H,21,23)/t13-/m0/s1. The smallest absolute Gasteiger partial charge is 0.326 e. The van der Waals surface area contributed by atoms with Crippen molar-refractivity contribution in [3.63, 3.8) is 0 Å². The first kappa shape index (κ1) is 17.9. The molecule has 1 N–H and O–H groups in total. The van der Waals surface area contributed by atoms with Crippen LogP contribution in [0.2, 0.25) is 0 Å². The van der Waals surface area contributed by atoms with Gasteiger partial charge in [-0.3, -0.25) is 4.90 Å². The Morgan fingerprint density at radius 2 is 1.81 bits per heavy atom. The fourth-order valence-corrected chi connectivity index (χ4v) is 3.26. The first-order chi connectivity index (χ1) is 12.6. The molecule has 1 aliphatic heterocycles. The Labute approximate surface area is 153 Å². The average Bonchev–Trinajstić information content (AvgIpc) is 2.67. The Morgan fingerprint density at radius 3 is 2.50 bits per heavy atom. The summed E-state index contributed by atoms with van der Waals surface area (Å²) in [6.45, 7) is 2.06. The summed E-state index contributed by atoms with van der Waals surface area (Å²) >= 11 is 0. The molecule has 2 aromatic rings. The van der Waals surface area contributed by atoms with Crippen LogP contribution >= 0.6 is 0 Å². The third kappa shape index (κ3) is 3.40. The molecule has 0 saturated heterocycles. The van der Waals surface area contributed by atoms with Crippen molar-refractivity contribution in [1.29, 1.82) is 0 Å². The molecule has 138 valence electrons. The number of aryl methyl sites for hydroxylation is 1. The molecule has 1 atom stereocenters. The second-order valence-electron chi connectivity index (χ2n) is 6.25. The number of fused-ring (bicyclic) bond motifs is 1. The summed E-state index contributed by atoms with van der Waals surface area (Å²) in [5, 5.41) is 2.96. The number of benzene rings is 2. The van der Waals surface area contributed by atoms with Crippen molar-refractivity contribution >= 4 is 17.4 Å². The van der Waals surface area contributed by atoms with Crippen LogP contribution in [0, 0.1) is 0 Å². The number of hydrogen-bond donors (Lipinski definition) is 1. The van der Waals surface area contributed by atoms with Gasteiger partial charge in [0.2, 0.25) is 0 Å². The lowest BCUT2D eigenvalue weighted by Gasteiger charge is -2.35. The van der Waals surface area contributed by atoms with Crippen LogP contribution < -0.4 is 24.4 Å². The molecular formula is C20H24N2O4. The highest BCUT2D eigenvalue weighted by atomic mass is 16.5. The van der Waals surface area contributed by atoms with Gasteiger partial charge >= 0.3 is 6.03 Å². The fourth-order valence-electron chi connectivity index (χ4n) is 3.26. The van der Waals surface area contributed by atoms with Crippen LogP contribution in [-0.2, 0) is 6.42 Å². The number of nitrogens with one attached hydrogen (secondary N) is 1. The number of carbonyl (C=O) groups is 1. The number of ether oxygens (including phenoxy) is 3. The van der Waals surface area contributed by atoms with E-state index in [1.807, 2.05) is 18.2 Å². The molecule has 3 rings (SSSR count). The zero-order chi connectivity index (χ0) is 18.7. The van der Waals surface area contributed by atoms with Gasteiger partial charge in [0.1, 0.15) is 5.75 Å². The number of methoxy groups -OCH3 is 3. The van der Waals surface area contributed by atoms with E-state index in [4.69, 9.17) is 14.2 Å². The maximum Gasteiger partial charge on any atom is 0.326 e. The van der Waals surface area contributed by atoms with Gasteiger partial charge in [-0.2, -0.15) is 0 Å². The molecule has 0 unspecified atom stereocenters. The molecule has 1 heterocycles. The van der Waals surface area contributed by atoms with Crippen molar-refractivity contribution in [3.05, 3.63) is 42.0 Å². The molecule has 6 nitrogen and oxygen atoms in total. The lowest BCUT2D eigenvalue weighted by Crippen LogP contribution is -2.44. The van der Waals surface area contributed by atoms with Crippen LogP contribution in [0.1, 0.15) is 18.9 Å². The van der Waals surface area contributed by atoms with Gasteiger partial charge in [-0.1, -0.05) is 0 Å². The number of carbonyl (C=O) groups excluding carboxylic acids is 1. The summed E-state index contributed by atoms with van der Waals surface area (Å²) in [5.74, 6) is 2.00. The molecule has 0 fully saturated rings. The van der Waals surface area contributed by atoms with Crippen LogP contribution in [-0.4, -0.2) is 33.4 Å². The van der Waals surface area contributed by atoms with E-state index in [-0.39, 0.29) is 12.1 Å². The maximum absolute atomic E-state index is 13.0. The minimum absolute atomic E-state index is 0.107. The van der Waals surface area contributed by atoms with Crippen LogP contribution in [0.25, 0.3) is 0 Å². The van der Waals surface area contributed by atoms with E-state index >= 15 is 0 Å². The number of amides is 2. The van der Waals surface area contributed by atoms with Crippen molar-refractivity contribution < 1.29 is 19.0 Å². The van der Waals surface area contributed by atoms with Crippen LogP contribution in [0.3, 0.4) is 0 Å². The zero-order valence-electron chi connectivity index (χ0n) is 15.5. The molecule has 2 aromatic carbocycles. The summed E-state index contributed by atoms with van der Waals surface area (Å²) in [7, 11) is 4.80. The summed E-state index contributed by atoms with van der Waals surface area (Å²) < 4.78 is 15.8. The third-order valence-corrected chi connectivity index (χ3v) is 4.67. The maximum atomic E-state index is 13.0. The highest BCUT2D eigenvalue weighted by molar-refractivity contribution is 6.03.